The largest absolute Gasteiger partial charge is 0.465 e. The zero-order chi connectivity index (χ0) is 12.4. The molecule has 16 heavy (non-hydrogen) atoms. The van der Waals surface area contributed by atoms with E-state index >= 15 is 0 Å². The first kappa shape index (κ1) is 15.4. The second kappa shape index (κ2) is 9.60. The van der Waals surface area contributed by atoms with E-state index in [1.54, 1.807) is 0 Å². The fraction of sp³-hybridized carbons (Fsp3) is 0.917. The summed E-state index contributed by atoms with van der Waals surface area (Å²) in [4.78, 5) is 13.4. The predicted molar refractivity (Wildman–Crippen MR) is 64.5 cm³/mol. The molecule has 4 heteroatoms. The Kier molecular flexibility index (Phi) is 9.24. The van der Waals surface area contributed by atoms with Crippen LogP contribution < -0.4 is 0 Å². The van der Waals surface area contributed by atoms with E-state index in [0.717, 1.165) is 19.6 Å². The third kappa shape index (κ3) is 7.65. The van der Waals surface area contributed by atoms with Crippen molar-refractivity contribution in [3.8, 4) is 0 Å². The summed E-state index contributed by atoms with van der Waals surface area (Å²) in [5.41, 5.74) is 0. The third-order valence-electron chi connectivity index (χ3n) is 2.24. The van der Waals surface area contributed by atoms with Crippen LogP contribution in [0.15, 0.2) is 0 Å². The number of rotatable bonds is 9. The van der Waals surface area contributed by atoms with Crippen molar-refractivity contribution < 1.29 is 14.3 Å². The topological polar surface area (TPSA) is 38.8 Å². The summed E-state index contributed by atoms with van der Waals surface area (Å²) in [7, 11) is 0. The zero-order valence-electron chi connectivity index (χ0n) is 11.0. The van der Waals surface area contributed by atoms with Crippen LogP contribution in [-0.2, 0) is 14.3 Å². The van der Waals surface area contributed by atoms with Gasteiger partial charge in [0.2, 0.25) is 0 Å². The first-order chi connectivity index (χ1) is 7.61. The number of carbonyl (C=O) groups is 1. The Morgan fingerprint density at radius 2 is 1.94 bits per heavy atom. The van der Waals surface area contributed by atoms with Gasteiger partial charge in [0.1, 0.15) is 0 Å². The van der Waals surface area contributed by atoms with Crippen LogP contribution in [0.1, 0.15) is 34.1 Å². The minimum atomic E-state index is -0.160. The van der Waals surface area contributed by atoms with Crippen LogP contribution in [0.3, 0.4) is 0 Å². The molecule has 0 aliphatic rings. The predicted octanol–water partition coefficient (Wildman–Crippen LogP) is 1.69. The van der Waals surface area contributed by atoms with Gasteiger partial charge in [-0.3, -0.25) is 9.69 Å². The Hall–Kier alpha value is -0.610. The Labute approximate surface area is 98.9 Å². The van der Waals surface area contributed by atoms with E-state index in [2.05, 4.69) is 25.7 Å². The molecule has 0 fully saturated rings. The van der Waals surface area contributed by atoms with Gasteiger partial charge >= 0.3 is 5.97 Å². The van der Waals surface area contributed by atoms with Gasteiger partial charge in [-0.1, -0.05) is 6.92 Å². The van der Waals surface area contributed by atoms with Gasteiger partial charge in [-0.25, -0.2) is 0 Å². The molecule has 0 N–H and O–H groups in total. The average molecular weight is 231 g/mol. The molecule has 0 bridgehead atoms. The maximum absolute atomic E-state index is 11.3. The molecule has 0 saturated heterocycles. The number of ether oxygens (including phenoxy) is 2. The third-order valence-corrected chi connectivity index (χ3v) is 2.24. The molecule has 0 atom stereocenters. The second-order valence-electron chi connectivity index (χ2n) is 3.98. The van der Waals surface area contributed by atoms with Gasteiger partial charge in [0, 0.05) is 19.2 Å². The minimum absolute atomic E-state index is 0.160. The SMILES string of the molecule is CCCOCCN(CC(=O)OCC)C(C)C. The standard InChI is InChI=1S/C12H25NO3/c1-5-8-15-9-7-13(11(3)4)10-12(14)16-6-2/h11H,5-10H2,1-4H3. The first-order valence-corrected chi connectivity index (χ1v) is 6.09. The molecular formula is C12H25NO3. The maximum Gasteiger partial charge on any atom is 0.320 e. The van der Waals surface area contributed by atoms with Crippen LogP contribution in [0.2, 0.25) is 0 Å². The molecule has 0 saturated carbocycles. The summed E-state index contributed by atoms with van der Waals surface area (Å²) in [5, 5.41) is 0. The highest BCUT2D eigenvalue weighted by Gasteiger charge is 2.14. The summed E-state index contributed by atoms with van der Waals surface area (Å²) in [6.07, 6.45) is 1.03. The monoisotopic (exact) mass is 231 g/mol. The van der Waals surface area contributed by atoms with Crippen molar-refractivity contribution in [1.29, 1.82) is 0 Å². The summed E-state index contributed by atoms with van der Waals surface area (Å²) < 4.78 is 10.3. The van der Waals surface area contributed by atoms with E-state index < -0.39 is 0 Å². The summed E-state index contributed by atoms with van der Waals surface area (Å²) in [6.45, 7) is 11.1. The normalized spacial score (nSPS) is 11.1. The lowest BCUT2D eigenvalue weighted by atomic mass is 10.3. The Balaban J connectivity index is 3.83. The molecule has 0 heterocycles. The lowest BCUT2D eigenvalue weighted by molar-refractivity contribution is -0.145. The molecule has 0 spiro atoms. The highest BCUT2D eigenvalue weighted by Crippen LogP contribution is 1.99. The number of hydrogen-bond acceptors (Lipinski definition) is 4. The van der Waals surface area contributed by atoms with Crippen LogP contribution in [-0.4, -0.2) is 49.8 Å². The highest BCUT2D eigenvalue weighted by molar-refractivity contribution is 5.71. The molecule has 4 nitrogen and oxygen atoms in total. The van der Waals surface area contributed by atoms with Crippen molar-refractivity contribution in [2.24, 2.45) is 0 Å². The van der Waals surface area contributed by atoms with Crippen LogP contribution >= 0.6 is 0 Å². The smallest absolute Gasteiger partial charge is 0.320 e. The lowest BCUT2D eigenvalue weighted by Crippen LogP contribution is -2.38. The molecule has 0 aromatic rings. The zero-order valence-corrected chi connectivity index (χ0v) is 11.0. The second-order valence-corrected chi connectivity index (χ2v) is 3.98. The fourth-order valence-corrected chi connectivity index (χ4v) is 1.32. The first-order valence-electron chi connectivity index (χ1n) is 6.09. The molecule has 0 aliphatic heterocycles. The van der Waals surface area contributed by atoms with Gasteiger partial charge in [0.15, 0.2) is 0 Å². The number of hydrogen-bond donors (Lipinski definition) is 0. The van der Waals surface area contributed by atoms with E-state index in [4.69, 9.17) is 9.47 Å². The van der Waals surface area contributed by atoms with E-state index in [-0.39, 0.29) is 5.97 Å². The van der Waals surface area contributed by atoms with Crippen LogP contribution in [0.5, 0.6) is 0 Å². The van der Waals surface area contributed by atoms with E-state index in [0.29, 0.717) is 25.8 Å². The molecular weight excluding hydrogens is 206 g/mol. The van der Waals surface area contributed by atoms with E-state index in [9.17, 15) is 4.79 Å². The fourth-order valence-electron chi connectivity index (χ4n) is 1.32. The Morgan fingerprint density at radius 3 is 2.44 bits per heavy atom. The van der Waals surface area contributed by atoms with Gasteiger partial charge < -0.3 is 9.47 Å². The van der Waals surface area contributed by atoms with Crippen LogP contribution in [0.25, 0.3) is 0 Å². The minimum Gasteiger partial charge on any atom is -0.465 e. The Morgan fingerprint density at radius 1 is 1.25 bits per heavy atom. The van der Waals surface area contributed by atoms with Gasteiger partial charge in [-0.15, -0.1) is 0 Å². The van der Waals surface area contributed by atoms with Crippen LogP contribution in [0.4, 0.5) is 0 Å². The molecule has 0 aromatic carbocycles. The van der Waals surface area contributed by atoms with E-state index in [1.165, 1.54) is 0 Å². The maximum atomic E-state index is 11.3. The molecule has 0 radical (unpaired) electrons. The quantitative estimate of drug-likeness (QED) is 0.447. The van der Waals surface area contributed by atoms with Crippen molar-refractivity contribution in [2.45, 2.75) is 40.2 Å². The van der Waals surface area contributed by atoms with Crippen LogP contribution in [0, 0.1) is 0 Å². The molecule has 0 amide bonds. The molecule has 0 unspecified atom stereocenters. The van der Waals surface area contributed by atoms with Crippen molar-refractivity contribution in [1.82, 2.24) is 4.90 Å². The van der Waals surface area contributed by atoms with Gasteiger partial charge in [-0.2, -0.15) is 0 Å². The van der Waals surface area contributed by atoms with Crippen molar-refractivity contribution in [3.05, 3.63) is 0 Å². The van der Waals surface area contributed by atoms with Gasteiger partial charge in [0.05, 0.1) is 19.8 Å². The molecule has 0 rings (SSSR count). The Bertz CT molecular complexity index is 183. The van der Waals surface area contributed by atoms with Crippen molar-refractivity contribution >= 4 is 5.97 Å². The molecule has 96 valence electrons. The molecule has 0 aromatic heterocycles. The number of carbonyl (C=O) groups excluding carboxylic acids is 1. The van der Waals surface area contributed by atoms with Crippen molar-refractivity contribution in [2.75, 3.05) is 32.9 Å². The summed E-state index contributed by atoms with van der Waals surface area (Å²) in [5.74, 6) is -0.160. The molecule has 0 aliphatic carbocycles. The highest BCUT2D eigenvalue weighted by atomic mass is 16.5. The lowest BCUT2D eigenvalue weighted by Gasteiger charge is -2.25. The summed E-state index contributed by atoms with van der Waals surface area (Å²) >= 11 is 0. The summed E-state index contributed by atoms with van der Waals surface area (Å²) in [6, 6.07) is 0.328. The number of esters is 1. The van der Waals surface area contributed by atoms with Gasteiger partial charge in [0.25, 0.3) is 0 Å². The number of nitrogens with zero attached hydrogens (tertiary/aromatic N) is 1. The van der Waals surface area contributed by atoms with Crippen molar-refractivity contribution in [3.63, 3.8) is 0 Å². The average Bonchev–Trinajstić information content (AvgIpc) is 2.22. The van der Waals surface area contributed by atoms with E-state index in [1.807, 2.05) is 6.92 Å². The van der Waals surface area contributed by atoms with Gasteiger partial charge in [-0.05, 0) is 27.2 Å².